The van der Waals surface area contributed by atoms with E-state index >= 15 is 0 Å². The third-order valence-corrected chi connectivity index (χ3v) is 1.24. The molecular formula is C5H6F3IO2. The van der Waals surface area contributed by atoms with Crippen LogP contribution in [-0.2, 0) is 4.74 Å². The summed E-state index contributed by atoms with van der Waals surface area (Å²) < 4.78 is 38.8. The van der Waals surface area contributed by atoms with Gasteiger partial charge < -0.3 is 4.74 Å². The van der Waals surface area contributed by atoms with Crippen molar-refractivity contribution in [2.45, 2.75) is 25.6 Å². The summed E-state index contributed by atoms with van der Waals surface area (Å²) in [5.41, 5.74) is -2.40. The molecule has 0 aliphatic carbocycles. The molecule has 0 spiro atoms. The van der Waals surface area contributed by atoms with E-state index < -0.39 is 15.8 Å². The fourth-order valence-electron chi connectivity index (χ4n) is 0.258. The van der Waals surface area contributed by atoms with Crippen molar-refractivity contribution in [3.8, 4) is 0 Å². The largest absolute Gasteiger partial charge is 0.442 e. The van der Waals surface area contributed by atoms with E-state index in [1.165, 1.54) is 0 Å². The number of halogens is 4. The van der Waals surface area contributed by atoms with Crippen LogP contribution in [0.4, 0.5) is 18.0 Å². The fraction of sp³-hybridized carbons (Fsp3) is 0.800. The smallest absolute Gasteiger partial charge is 0.427 e. The van der Waals surface area contributed by atoms with Gasteiger partial charge in [-0.1, -0.05) is 0 Å². The molecule has 0 heterocycles. The minimum Gasteiger partial charge on any atom is -0.442 e. The van der Waals surface area contributed by atoms with Gasteiger partial charge in [0.2, 0.25) is 5.60 Å². The van der Waals surface area contributed by atoms with Gasteiger partial charge in [0.25, 0.3) is 0 Å². The molecule has 0 aromatic heterocycles. The normalized spacial score (nSPS) is 12.9. The average Bonchev–Trinajstić information content (AvgIpc) is 1.56. The van der Waals surface area contributed by atoms with Gasteiger partial charge in [0.15, 0.2) is 0 Å². The molecule has 0 N–H and O–H groups in total. The van der Waals surface area contributed by atoms with E-state index in [1.807, 2.05) is 0 Å². The molecule has 66 valence electrons. The second-order valence-corrected chi connectivity index (χ2v) is 3.23. The number of carbonyl (C=O) groups is 1. The standard InChI is InChI=1S/C5H6F3IO2/c1-4(2,5(6,7)8)11-3(9)10/h1-2H3. The van der Waals surface area contributed by atoms with E-state index in [4.69, 9.17) is 0 Å². The molecule has 11 heavy (non-hydrogen) atoms. The molecule has 0 aliphatic rings. The Morgan fingerprint density at radius 2 is 1.73 bits per heavy atom. The number of hydrogen-bond donors (Lipinski definition) is 0. The van der Waals surface area contributed by atoms with Gasteiger partial charge >= 0.3 is 10.2 Å². The fourth-order valence-corrected chi connectivity index (χ4v) is 0.809. The maximum absolute atomic E-state index is 11.9. The molecule has 0 aromatic rings. The Morgan fingerprint density at radius 1 is 1.36 bits per heavy atom. The van der Waals surface area contributed by atoms with Crippen LogP contribution in [0.5, 0.6) is 0 Å². The Hall–Kier alpha value is -0.0100. The summed E-state index contributed by atoms with van der Waals surface area (Å²) in [5, 5.41) is 0. The van der Waals surface area contributed by atoms with Crippen molar-refractivity contribution in [3.63, 3.8) is 0 Å². The third kappa shape index (κ3) is 3.26. The van der Waals surface area contributed by atoms with E-state index in [-0.39, 0.29) is 0 Å². The molecule has 0 saturated heterocycles. The lowest BCUT2D eigenvalue weighted by atomic mass is 10.1. The maximum Gasteiger partial charge on any atom is 0.427 e. The van der Waals surface area contributed by atoms with Crippen LogP contribution in [0.25, 0.3) is 0 Å². The van der Waals surface area contributed by atoms with Crippen LogP contribution in [0.2, 0.25) is 0 Å². The highest BCUT2D eigenvalue weighted by Gasteiger charge is 2.50. The first-order valence-corrected chi connectivity index (χ1v) is 3.70. The Bertz CT molecular complexity index is 164. The lowest BCUT2D eigenvalue weighted by Gasteiger charge is -2.26. The van der Waals surface area contributed by atoms with E-state index in [2.05, 4.69) is 4.74 Å². The van der Waals surface area contributed by atoms with Gasteiger partial charge in [0.05, 0.1) is 22.6 Å². The Morgan fingerprint density at radius 3 is 1.82 bits per heavy atom. The van der Waals surface area contributed by atoms with Gasteiger partial charge in [-0.25, -0.2) is 4.79 Å². The first kappa shape index (κ1) is 11.0. The van der Waals surface area contributed by atoms with Crippen LogP contribution in [0.3, 0.4) is 0 Å². The first-order chi connectivity index (χ1) is 4.67. The molecule has 2 nitrogen and oxygen atoms in total. The number of hydrogen-bond acceptors (Lipinski definition) is 2. The van der Waals surface area contributed by atoms with Crippen molar-refractivity contribution in [2.75, 3.05) is 0 Å². The number of carbonyl (C=O) groups excluding carboxylic acids is 1. The molecule has 0 aromatic carbocycles. The molecule has 0 rings (SSSR count). The van der Waals surface area contributed by atoms with E-state index in [0.717, 1.165) is 36.4 Å². The van der Waals surface area contributed by atoms with Crippen molar-refractivity contribution in [3.05, 3.63) is 0 Å². The summed E-state index contributed by atoms with van der Waals surface area (Å²) in [6.07, 6.45) is -4.52. The van der Waals surface area contributed by atoms with Crippen molar-refractivity contribution in [1.29, 1.82) is 0 Å². The molecule has 0 amide bonds. The zero-order valence-electron chi connectivity index (χ0n) is 5.83. The van der Waals surface area contributed by atoms with Gasteiger partial charge in [-0.3, -0.25) is 0 Å². The Balaban J connectivity index is 4.34. The first-order valence-electron chi connectivity index (χ1n) is 2.62. The van der Waals surface area contributed by atoms with Gasteiger partial charge in [-0.15, -0.1) is 0 Å². The zero-order chi connectivity index (χ0) is 9.28. The molecular weight excluding hydrogens is 276 g/mol. The zero-order valence-corrected chi connectivity index (χ0v) is 7.99. The number of ether oxygens (including phenoxy) is 1. The lowest BCUT2D eigenvalue weighted by Crippen LogP contribution is -2.42. The summed E-state index contributed by atoms with van der Waals surface area (Å²) in [6, 6.07) is 0. The topological polar surface area (TPSA) is 26.3 Å². The molecule has 0 saturated carbocycles. The Labute approximate surface area is 75.2 Å². The maximum atomic E-state index is 11.9. The van der Waals surface area contributed by atoms with Crippen molar-refractivity contribution >= 4 is 26.6 Å². The predicted octanol–water partition coefficient (Wildman–Crippen LogP) is 2.90. The number of alkyl halides is 3. The molecule has 0 unspecified atom stereocenters. The third-order valence-electron chi connectivity index (χ3n) is 1.02. The molecule has 0 bridgehead atoms. The molecule has 6 heteroatoms. The van der Waals surface area contributed by atoms with E-state index in [1.54, 1.807) is 0 Å². The summed E-state index contributed by atoms with van der Waals surface area (Å²) in [5.74, 6) is 0. The molecule has 0 aliphatic heterocycles. The van der Waals surface area contributed by atoms with Gasteiger partial charge in [0.1, 0.15) is 0 Å². The summed E-state index contributed by atoms with van der Waals surface area (Å²) in [4.78, 5) is 10.2. The van der Waals surface area contributed by atoms with Gasteiger partial charge in [-0.2, -0.15) is 13.2 Å². The second kappa shape index (κ2) is 3.16. The van der Waals surface area contributed by atoms with Crippen molar-refractivity contribution in [2.24, 2.45) is 0 Å². The minimum absolute atomic E-state index is 0.795. The van der Waals surface area contributed by atoms with Crippen LogP contribution in [0.1, 0.15) is 13.8 Å². The predicted molar refractivity (Wildman–Crippen MR) is 40.6 cm³/mol. The summed E-state index contributed by atoms with van der Waals surface area (Å²) >= 11 is 1.15. The van der Waals surface area contributed by atoms with Crippen LogP contribution >= 0.6 is 22.6 Å². The summed E-state index contributed by atoms with van der Waals surface area (Å²) in [7, 11) is 0. The SMILES string of the molecule is CC(C)(OC(=O)I)C(F)(F)F. The highest BCUT2D eigenvalue weighted by molar-refractivity contribution is 14.1. The van der Waals surface area contributed by atoms with Gasteiger partial charge in [-0.05, 0) is 13.8 Å². The van der Waals surface area contributed by atoms with Crippen LogP contribution in [-0.4, -0.2) is 15.8 Å². The van der Waals surface area contributed by atoms with Crippen molar-refractivity contribution in [1.82, 2.24) is 0 Å². The quantitative estimate of drug-likeness (QED) is 0.546. The minimum atomic E-state index is -4.52. The number of rotatable bonds is 1. The van der Waals surface area contributed by atoms with E-state index in [9.17, 15) is 18.0 Å². The molecule has 0 radical (unpaired) electrons. The van der Waals surface area contributed by atoms with Crippen molar-refractivity contribution < 1.29 is 22.7 Å². The van der Waals surface area contributed by atoms with Crippen LogP contribution in [0, 0.1) is 0 Å². The lowest BCUT2D eigenvalue weighted by molar-refractivity contribution is -0.240. The van der Waals surface area contributed by atoms with Gasteiger partial charge in [0, 0.05) is 0 Å². The second-order valence-electron chi connectivity index (χ2n) is 2.35. The van der Waals surface area contributed by atoms with E-state index in [0.29, 0.717) is 0 Å². The highest BCUT2D eigenvalue weighted by atomic mass is 127. The average molecular weight is 282 g/mol. The summed E-state index contributed by atoms with van der Waals surface area (Å²) in [6.45, 7) is 1.59. The van der Waals surface area contributed by atoms with Crippen LogP contribution in [0.15, 0.2) is 0 Å². The highest BCUT2D eigenvalue weighted by Crippen LogP contribution is 2.33. The van der Waals surface area contributed by atoms with Crippen LogP contribution < -0.4 is 0 Å². The Kier molecular flexibility index (Phi) is 3.15. The monoisotopic (exact) mass is 282 g/mol. The molecule has 0 fully saturated rings. The molecule has 0 atom stereocenters.